The number of aryl methyl sites for hydroxylation is 1. The Kier molecular flexibility index (Phi) is 3.41. The smallest absolute Gasteiger partial charge is 0.149 e. The van der Waals surface area contributed by atoms with Crippen molar-refractivity contribution in [2.75, 3.05) is 12.0 Å². The fourth-order valence-electron chi connectivity index (χ4n) is 2.31. The van der Waals surface area contributed by atoms with Gasteiger partial charge in [-0.05, 0) is 28.8 Å². The summed E-state index contributed by atoms with van der Waals surface area (Å²) in [6.45, 7) is 1.96. The molecule has 0 bridgehead atoms. The van der Waals surface area contributed by atoms with E-state index in [-0.39, 0.29) is 5.75 Å². The third kappa shape index (κ3) is 2.71. The molecule has 0 spiro atoms. The second-order valence-electron chi connectivity index (χ2n) is 4.72. The van der Waals surface area contributed by atoms with Crippen LogP contribution in [0, 0.1) is 6.92 Å². The second kappa shape index (κ2) is 4.71. The van der Waals surface area contributed by atoms with Gasteiger partial charge in [-0.25, -0.2) is 8.42 Å². The fraction of sp³-hybridized carbons (Fsp3) is 0.286. The highest BCUT2D eigenvalue weighted by Crippen LogP contribution is 2.27. The lowest BCUT2D eigenvalue weighted by atomic mass is 9.95. The third-order valence-corrected chi connectivity index (χ3v) is 4.01. The average molecular weight is 263 g/mol. The SMILES string of the molecule is Cc1ccc2ccccc2c1C(N)CS(C)(=O)=O. The van der Waals surface area contributed by atoms with Gasteiger partial charge < -0.3 is 5.73 Å². The van der Waals surface area contributed by atoms with Gasteiger partial charge in [-0.15, -0.1) is 0 Å². The predicted octanol–water partition coefficient (Wildman–Crippen LogP) is 2.19. The largest absolute Gasteiger partial charge is 0.323 e. The van der Waals surface area contributed by atoms with E-state index in [4.69, 9.17) is 5.73 Å². The van der Waals surface area contributed by atoms with Gasteiger partial charge in [0.15, 0.2) is 0 Å². The molecule has 3 nitrogen and oxygen atoms in total. The van der Waals surface area contributed by atoms with Crippen LogP contribution in [-0.2, 0) is 9.84 Å². The number of rotatable bonds is 3. The maximum Gasteiger partial charge on any atom is 0.149 e. The molecule has 2 N–H and O–H groups in total. The monoisotopic (exact) mass is 263 g/mol. The highest BCUT2D eigenvalue weighted by Gasteiger charge is 2.17. The van der Waals surface area contributed by atoms with Crippen molar-refractivity contribution in [2.24, 2.45) is 5.73 Å². The van der Waals surface area contributed by atoms with Crippen LogP contribution in [0.5, 0.6) is 0 Å². The molecule has 1 atom stereocenters. The second-order valence-corrected chi connectivity index (χ2v) is 6.90. The van der Waals surface area contributed by atoms with Gasteiger partial charge in [-0.1, -0.05) is 36.4 Å². The van der Waals surface area contributed by atoms with Gasteiger partial charge in [0.25, 0.3) is 0 Å². The number of hydrogen-bond donors (Lipinski definition) is 1. The van der Waals surface area contributed by atoms with Crippen molar-refractivity contribution in [1.29, 1.82) is 0 Å². The van der Waals surface area contributed by atoms with Crippen LogP contribution in [0.2, 0.25) is 0 Å². The number of nitrogens with two attached hydrogens (primary N) is 1. The van der Waals surface area contributed by atoms with E-state index in [0.29, 0.717) is 0 Å². The number of sulfone groups is 1. The van der Waals surface area contributed by atoms with Crippen LogP contribution >= 0.6 is 0 Å². The minimum absolute atomic E-state index is 0.0259. The van der Waals surface area contributed by atoms with Crippen molar-refractivity contribution in [3.05, 3.63) is 47.5 Å². The molecule has 0 saturated carbocycles. The van der Waals surface area contributed by atoms with E-state index in [1.165, 1.54) is 6.26 Å². The quantitative estimate of drug-likeness (QED) is 0.923. The Hall–Kier alpha value is -1.39. The Morgan fingerprint density at radius 1 is 1.17 bits per heavy atom. The lowest BCUT2D eigenvalue weighted by Crippen LogP contribution is -2.22. The van der Waals surface area contributed by atoms with E-state index >= 15 is 0 Å². The molecule has 2 aromatic carbocycles. The van der Waals surface area contributed by atoms with E-state index in [1.54, 1.807) is 0 Å². The summed E-state index contributed by atoms with van der Waals surface area (Å²) in [7, 11) is -3.08. The first-order valence-electron chi connectivity index (χ1n) is 5.80. The van der Waals surface area contributed by atoms with Crippen molar-refractivity contribution in [3.63, 3.8) is 0 Å². The molecule has 96 valence electrons. The maximum absolute atomic E-state index is 11.4. The molecule has 0 fully saturated rings. The molecule has 2 aromatic rings. The molecule has 0 aliphatic carbocycles. The maximum atomic E-state index is 11.4. The van der Waals surface area contributed by atoms with E-state index in [2.05, 4.69) is 0 Å². The first-order valence-corrected chi connectivity index (χ1v) is 7.86. The lowest BCUT2D eigenvalue weighted by molar-refractivity contribution is 0.595. The minimum atomic E-state index is -3.08. The van der Waals surface area contributed by atoms with Gasteiger partial charge in [-0.2, -0.15) is 0 Å². The molecule has 0 amide bonds. The number of benzene rings is 2. The van der Waals surface area contributed by atoms with Gasteiger partial charge in [0, 0.05) is 12.3 Å². The van der Waals surface area contributed by atoms with Crippen LogP contribution in [0.15, 0.2) is 36.4 Å². The summed E-state index contributed by atoms with van der Waals surface area (Å²) in [4.78, 5) is 0. The topological polar surface area (TPSA) is 60.2 Å². The van der Waals surface area contributed by atoms with Gasteiger partial charge in [-0.3, -0.25) is 0 Å². The van der Waals surface area contributed by atoms with E-state index in [1.807, 2.05) is 43.3 Å². The first-order chi connectivity index (χ1) is 8.38. The molecule has 0 aromatic heterocycles. The zero-order valence-electron chi connectivity index (χ0n) is 10.6. The van der Waals surface area contributed by atoms with Gasteiger partial charge in [0.05, 0.1) is 5.75 Å². The minimum Gasteiger partial charge on any atom is -0.323 e. The molecule has 0 heterocycles. The molecule has 4 heteroatoms. The van der Waals surface area contributed by atoms with Gasteiger partial charge in [0.1, 0.15) is 9.84 Å². The molecule has 0 radical (unpaired) electrons. The van der Waals surface area contributed by atoms with Crippen LogP contribution in [0.3, 0.4) is 0 Å². The Bertz CT molecular complexity index is 677. The average Bonchev–Trinajstić information content (AvgIpc) is 2.26. The van der Waals surface area contributed by atoms with Crippen LogP contribution in [0.4, 0.5) is 0 Å². The first kappa shape index (κ1) is 13.1. The summed E-state index contributed by atoms with van der Waals surface area (Å²) in [5, 5.41) is 2.12. The summed E-state index contributed by atoms with van der Waals surface area (Å²) < 4.78 is 22.8. The summed E-state index contributed by atoms with van der Waals surface area (Å²) in [5.74, 6) is -0.0259. The highest BCUT2D eigenvalue weighted by atomic mass is 32.2. The Morgan fingerprint density at radius 3 is 2.50 bits per heavy atom. The van der Waals surface area contributed by atoms with E-state index in [0.717, 1.165) is 21.9 Å². The summed E-state index contributed by atoms with van der Waals surface area (Å²) in [6, 6.07) is 11.4. The van der Waals surface area contributed by atoms with E-state index in [9.17, 15) is 8.42 Å². The van der Waals surface area contributed by atoms with Crippen molar-refractivity contribution in [2.45, 2.75) is 13.0 Å². The summed E-state index contributed by atoms with van der Waals surface area (Å²) in [6.07, 6.45) is 1.22. The molecule has 0 saturated heterocycles. The van der Waals surface area contributed by atoms with Gasteiger partial charge >= 0.3 is 0 Å². The van der Waals surface area contributed by atoms with Crippen LogP contribution in [-0.4, -0.2) is 20.4 Å². The third-order valence-electron chi connectivity index (χ3n) is 3.04. The van der Waals surface area contributed by atoms with Crippen LogP contribution in [0.25, 0.3) is 10.8 Å². The standard InChI is InChI=1S/C14H17NO2S/c1-10-7-8-11-5-3-4-6-12(11)14(10)13(15)9-18(2,16)17/h3-8,13H,9,15H2,1-2H3. The molecule has 0 aliphatic rings. The van der Waals surface area contributed by atoms with Crippen molar-refractivity contribution in [1.82, 2.24) is 0 Å². The molecular weight excluding hydrogens is 246 g/mol. The summed E-state index contributed by atoms with van der Waals surface area (Å²) in [5.41, 5.74) is 8.03. The normalized spacial score (nSPS) is 13.7. The molecule has 0 aliphatic heterocycles. The van der Waals surface area contributed by atoms with Crippen LogP contribution in [0.1, 0.15) is 17.2 Å². The van der Waals surface area contributed by atoms with Crippen LogP contribution < -0.4 is 5.73 Å². The Morgan fingerprint density at radius 2 is 1.83 bits per heavy atom. The van der Waals surface area contributed by atoms with Gasteiger partial charge in [0.2, 0.25) is 0 Å². The molecule has 18 heavy (non-hydrogen) atoms. The predicted molar refractivity (Wildman–Crippen MR) is 75.3 cm³/mol. The highest BCUT2D eigenvalue weighted by molar-refractivity contribution is 7.90. The summed E-state index contributed by atoms with van der Waals surface area (Å²) >= 11 is 0. The zero-order valence-corrected chi connectivity index (χ0v) is 11.4. The van der Waals surface area contributed by atoms with Crippen molar-refractivity contribution in [3.8, 4) is 0 Å². The number of fused-ring (bicyclic) bond motifs is 1. The van der Waals surface area contributed by atoms with Crippen molar-refractivity contribution < 1.29 is 8.42 Å². The Labute approximate surface area is 108 Å². The zero-order chi connectivity index (χ0) is 13.3. The molecule has 1 unspecified atom stereocenters. The molecular formula is C14H17NO2S. The van der Waals surface area contributed by atoms with E-state index < -0.39 is 15.9 Å². The Balaban J connectivity index is 2.59. The van der Waals surface area contributed by atoms with Crippen molar-refractivity contribution >= 4 is 20.6 Å². The number of hydrogen-bond acceptors (Lipinski definition) is 3. The molecule has 2 rings (SSSR count). The lowest BCUT2D eigenvalue weighted by Gasteiger charge is -2.16. The fourth-order valence-corrected chi connectivity index (χ4v) is 3.13.